The largest absolute Gasteiger partial charge is 0.389 e. The molecule has 0 unspecified atom stereocenters. The Labute approximate surface area is 120 Å². The molecule has 2 aromatic rings. The Morgan fingerprint density at radius 3 is 2.89 bits per heavy atom. The maximum atomic E-state index is 6.09. The van der Waals surface area contributed by atoms with Crippen LogP contribution in [0.25, 0.3) is 0 Å². The standard InChI is InChI=1S/C12H12ClN3S2/c1-7-6-18-11(16-7)5-15-8-2-3-9(12(14)17)10(13)4-8/h2-4,6,15H,5H2,1H3,(H2,14,17). The molecule has 0 aliphatic rings. The highest BCUT2D eigenvalue weighted by Crippen LogP contribution is 2.21. The van der Waals surface area contributed by atoms with Crippen LogP contribution in [-0.4, -0.2) is 9.97 Å². The minimum absolute atomic E-state index is 0.307. The lowest BCUT2D eigenvalue weighted by atomic mass is 10.2. The number of hydrogen-bond acceptors (Lipinski definition) is 4. The molecule has 6 heteroatoms. The van der Waals surface area contributed by atoms with Crippen molar-refractivity contribution in [3.63, 3.8) is 0 Å². The Hall–Kier alpha value is -1.17. The highest BCUT2D eigenvalue weighted by atomic mass is 35.5. The average Bonchev–Trinajstić information content (AvgIpc) is 2.72. The minimum atomic E-state index is 0.307. The Kier molecular flexibility index (Phi) is 4.16. The van der Waals surface area contributed by atoms with Crippen LogP contribution in [0.15, 0.2) is 23.6 Å². The van der Waals surface area contributed by atoms with Crippen LogP contribution in [0.3, 0.4) is 0 Å². The minimum Gasteiger partial charge on any atom is -0.389 e. The monoisotopic (exact) mass is 297 g/mol. The lowest BCUT2D eigenvalue weighted by Gasteiger charge is -2.07. The molecule has 0 atom stereocenters. The van der Waals surface area contributed by atoms with E-state index in [9.17, 15) is 0 Å². The van der Waals surface area contributed by atoms with Crippen molar-refractivity contribution < 1.29 is 0 Å². The van der Waals surface area contributed by atoms with Crippen LogP contribution in [0.1, 0.15) is 16.3 Å². The van der Waals surface area contributed by atoms with E-state index in [1.54, 1.807) is 11.3 Å². The summed E-state index contributed by atoms with van der Waals surface area (Å²) in [5, 5.41) is 6.89. The third-order valence-corrected chi connectivity index (χ3v) is 3.84. The number of aromatic nitrogens is 1. The van der Waals surface area contributed by atoms with Gasteiger partial charge in [0.2, 0.25) is 0 Å². The number of nitrogens with two attached hydrogens (primary N) is 1. The molecule has 0 aliphatic heterocycles. The maximum absolute atomic E-state index is 6.09. The molecule has 18 heavy (non-hydrogen) atoms. The molecule has 0 radical (unpaired) electrons. The number of anilines is 1. The van der Waals surface area contributed by atoms with Crippen LogP contribution >= 0.6 is 35.2 Å². The molecule has 1 aromatic heterocycles. The van der Waals surface area contributed by atoms with E-state index in [4.69, 9.17) is 29.6 Å². The second kappa shape index (κ2) is 5.65. The summed E-state index contributed by atoms with van der Waals surface area (Å²) >= 11 is 12.6. The number of nitrogens with zero attached hydrogens (tertiary/aromatic N) is 1. The first-order chi connectivity index (χ1) is 8.56. The Balaban J connectivity index is 2.06. The molecule has 0 fully saturated rings. The van der Waals surface area contributed by atoms with Gasteiger partial charge in [0, 0.05) is 22.3 Å². The SMILES string of the molecule is Cc1csc(CNc2ccc(C(N)=S)c(Cl)c2)n1. The first kappa shape index (κ1) is 13.3. The Bertz CT molecular complexity index is 580. The number of aryl methyl sites for hydroxylation is 1. The van der Waals surface area contributed by atoms with Crippen LogP contribution in [-0.2, 0) is 6.54 Å². The molecule has 0 saturated heterocycles. The molecule has 0 aliphatic carbocycles. The summed E-state index contributed by atoms with van der Waals surface area (Å²) in [5.74, 6) is 0. The van der Waals surface area contributed by atoms with Gasteiger partial charge in [-0.3, -0.25) is 0 Å². The van der Waals surface area contributed by atoms with E-state index in [1.807, 2.05) is 30.5 Å². The number of thiazole rings is 1. The van der Waals surface area contributed by atoms with Crippen molar-refractivity contribution in [2.75, 3.05) is 5.32 Å². The number of halogens is 1. The van der Waals surface area contributed by atoms with Crippen LogP contribution < -0.4 is 11.1 Å². The summed E-state index contributed by atoms with van der Waals surface area (Å²) in [6.07, 6.45) is 0. The molecule has 1 aromatic carbocycles. The van der Waals surface area contributed by atoms with Crippen molar-refractivity contribution in [3.05, 3.63) is 44.9 Å². The van der Waals surface area contributed by atoms with Gasteiger partial charge in [-0.05, 0) is 25.1 Å². The summed E-state index contributed by atoms with van der Waals surface area (Å²) in [6, 6.07) is 5.54. The van der Waals surface area contributed by atoms with Gasteiger partial charge in [0.1, 0.15) is 10.00 Å². The van der Waals surface area contributed by atoms with E-state index in [0.29, 0.717) is 22.1 Å². The number of rotatable bonds is 4. The van der Waals surface area contributed by atoms with Gasteiger partial charge in [-0.2, -0.15) is 0 Å². The second-order valence-corrected chi connectivity index (χ2v) is 5.58. The third kappa shape index (κ3) is 3.19. The van der Waals surface area contributed by atoms with Crippen LogP contribution in [0.5, 0.6) is 0 Å². The number of thiocarbonyl (C=S) groups is 1. The quantitative estimate of drug-likeness (QED) is 0.850. The van der Waals surface area contributed by atoms with Gasteiger partial charge >= 0.3 is 0 Å². The molecule has 0 bridgehead atoms. The molecule has 1 heterocycles. The molecule has 3 N–H and O–H groups in total. The average molecular weight is 298 g/mol. The normalized spacial score (nSPS) is 10.3. The topological polar surface area (TPSA) is 50.9 Å². The molecule has 2 rings (SSSR count). The fraction of sp³-hybridized carbons (Fsp3) is 0.167. The van der Waals surface area contributed by atoms with Gasteiger partial charge in [0.25, 0.3) is 0 Å². The van der Waals surface area contributed by atoms with Crippen molar-refractivity contribution in [3.8, 4) is 0 Å². The van der Waals surface area contributed by atoms with Crippen molar-refractivity contribution in [2.24, 2.45) is 5.73 Å². The molecule has 0 amide bonds. The van der Waals surface area contributed by atoms with Crippen molar-refractivity contribution in [1.82, 2.24) is 4.98 Å². The third-order valence-electron chi connectivity index (χ3n) is 2.34. The van der Waals surface area contributed by atoms with Crippen LogP contribution in [0.2, 0.25) is 5.02 Å². The van der Waals surface area contributed by atoms with Gasteiger partial charge in [0.15, 0.2) is 0 Å². The lowest BCUT2D eigenvalue weighted by molar-refractivity contribution is 1.08. The first-order valence-corrected chi connectivity index (χ1v) is 6.97. The lowest BCUT2D eigenvalue weighted by Crippen LogP contribution is -2.10. The van der Waals surface area contributed by atoms with Gasteiger partial charge in [-0.25, -0.2) is 4.98 Å². The van der Waals surface area contributed by atoms with Gasteiger partial charge < -0.3 is 11.1 Å². The van der Waals surface area contributed by atoms with Gasteiger partial charge in [-0.1, -0.05) is 23.8 Å². The summed E-state index contributed by atoms with van der Waals surface area (Å²) in [6.45, 7) is 2.66. The predicted octanol–water partition coefficient (Wildman–Crippen LogP) is 3.35. The van der Waals surface area contributed by atoms with E-state index in [0.717, 1.165) is 16.4 Å². The van der Waals surface area contributed by atoms with E-state index in [2.05, 4.69) is 10.3 Å². The number of nitrogens with one attached hydrogen (secondary N) is 1. The Morgan fingerprint density at radius 1 is 1.56 bits per heavy atom. The van der Waals surface area contributed by atoms with E-state index < -0.39 is 0 Å². The van der Waals surface area contributed by atoms with Crippen molar-refractivity contribution in [2.45, 2.75) is 13.5 Å². The van der Waals surface area contributed by atoms with E-state index in [1.165, 1.54) is 0 Å². The van der Waals surface area contributed by atoms with Gasteiger partial charge in [-0.15, -0.1) is 11.3 Å². The zero-order valence-corrected chi connectivity index (χ0v) is 12.1. The molecule has 3 nitrogen and oxygen atoms in total. The summed E-state index contributed by atoms with van der Waals surface area (Å²) < 4.78 is 0. The maximum Gasteiger partial charge on any atom is 0.112 e. The zero-order valence-electron chi connectivity index (χ0n) is 9.74. The Morgan fingerprint density at radius 2 is 2.33 bits per heavy atom. The highest BCUT2D eigenvalue weighted by molar-refractivity contribution is 7.80. The zero-order chi connectivity index (χ0) is 13.1. The van der Waals surface area contributed by atoms with Crippen molar-refractivity contribution >= 4 is 45.8 Å². The number of benzene rings is 1. The summed E-state index contributed by atoms with van der Waals surface area (Å²) in [5.41, 5.74) is 8.21. The molecule has 0 spiro atoms. The summed E-state index contributed by atoms with van der Waals surface area (Å²) in [7, 11) is 0. The molecule has 0 saturated carbocycles. The highest BCUT2D eigenvalue weighted by Gasteiger charge is 2.05. The van der Waals surface area contributed by atoms with Crippen LogP contribution in [0, 0.1) is 6.92 Å². The summed E-state index contributed by atoms with van der Waals surface area (Å²) in [4.78, 5) is 4.68. The number of hydrogen-bond donors (Lipinski definition) is 2. The predicted molar refractivity (Wildman–Crippen MR) is 81.5 cm³/mol. The smallest absolute Gasteiger partial charge is 0.112 e. The molecular weight excluding hydrogens is 286 g/mol. The fourth-order valence-corrected chi connectivity index (χ4v) is 2.71. The van der Waals surface area contributed by atoms with Crippen molar-refractivity contribution in [1.29, 1.82) is 0 Å². The fourth-order valence-electron chi connectivity index (χ4n) is 1.49. The van der Waals surface area contributed by atoms with E-state index >= 15 is 0 Å². The first-order valence-electron chi connectivity index (χ1n) is 5.30. The molecular formula is C12H12ClN3S2. The van der Waals surface area contributed by atoms with E-state index in [-0.39, 0.29) is 0 Å². The second-order valence-electron chi connectivity index (χ2n) is 3.80. The van der Waals surface area contributed by atoms with Gasteiger partial charge in [0.05, 0.1) is 11.6 Å². The molecule has 94 valence electrons. The van der Waals surface area contributed by atoms with Crippen LogP contribution in [0.4, 0.5) is 5.69 Å².